The zero-order valence-electron chi connectivity index (χ0n) is 16.1. The minimum atomic E-state index is -0.338. The van der Waals surface area contributed by atoms with E-state index in [2.05, 4.69) is 27.7 Å². The number of hydrogen-bond donors (Lipinski definition) is 2. The van der Waals surface area contributed by atoms with Crippen LogP contribution in [0.15, 0.2) is 59.2 Å². The zero-order valence-corrected chi connectivity index (χ0v) is 16.9. The number of thiophene rings is 1. The zero-order chi connectivity index (χ0) is 20.1. The van der Waals surface area contributed by atoms with E-state index in [1.807, 2.05) is 39.2 Å². The van der Waals surface area contributed by atoms with Crippen LogP contribution in [0.5, 0.6) is 0 Å². The van der Waals surface area contributed by atoms with Crippen molar-refractivity contribution in [1.29, 1.82) is 0 Å². The van der Waals surface area contributed by atoms with Crippen molar-refractivity contribution in [2.45, 2.75) is 13.0 Å². The molecule has 2 heterocycles. The number of rotatable bonds is 7. The quantitative estimate of drug-likeness (QED) is 0.633. The summed E-state index contributed by atoms with van der Waals surface area (Å²) in [6.45, 7) is 2.34. The summed E-state index contributed by atoms with van der Waals surface area (Å²) in [4.78, 5) is 27.5. The smallest absolute Gasteiger partial charge is 0.291 e. The van der Waals surface area contributed by atoms with Gasteiger partial charge in [0.15, 0.2) is 5.76 Å². The molecule has 1 atom stereocenters. The molecule has 146 valence electrons. The highest BCUT2D eigenvalue weighted by atomic mass is 32.1. The van der Waals surface area contributed by atoms with Crippen LogP contribution in [0.2, 0.25) is 0 Å². The van der Waals surface area contributed by atoms with E-state index in [1.165, 1.54) is 17.6 Å². The predicted molar refractivity (Wildman–Crippen MR) is 111 cm³/mol. The molecule has 3 aromatic rings. The normalized spacial score (nSPS) is 12.0. The molecule has 6 nitrogen and oxygen atoms in total. The van der Waals surface area contributed by atoms with E-state index >= 15 is 0 Å². The molecule has 0 saturated heterocycles. The molecule has 2 amide bonds. The van der Waals surface area contributed by atoms with Gasteiger partial charge in [0.05, 0.1) is 22.2 Å². The van der Waals surface area contributed by atoms with Crippen LogP contribution in [-0.4, -0.2) is 37.4 Å². The molecule has 2 N–H and O–H groups in total. The number of hydrogen-bond acceptors (Lipinski definition) is 5. The Hall–Kier alpha value is -2.90. The number of aryl methyl sites for hydroxylation is 1. The Bertz CT molecular complexity index is 933. The summed E-state index contributed by atoms with van der Waals surface area (Å²) in [7, 11) is 3.98. The third kappa shape index (κ3) is 4.68. The van der Waals surface area contributed by atoms with Crippen LogP contribution in [0.4, 0.5) is 5.00 Å². The van der Waals surface area contributed by atoms with E-state index in [9.17, 15) is 9.59 Å². The van der Waals surface area contributed by atoms with E-state index in [0.29, 0.717) is 16.4 Å². The second-order valence-electron chi connectivity index (χ2n) is 6.65. The van der Waals surface area contributed by atoms with Crippen LogP contribution in [0.25, 0.3) is 0 Å². The van der Waals surface area contributed by atoms with E-state index in [1.54, 1.807) is 18.2 Å². The van der Waals surface area contributed by atoms with Crippen molar-refractivity contribution in [2.24, 2.45) is 0 Å². The van der Waals surface area contributed by atoms with Crippen molar-refractivity contribution < 1.29 is 14.0 Å². The van der Waals surface area contributed by atoms with Gasteiger partial charge in [0.1, 0.15) is 0 Å². The number of nitrogens with one attached hydrogen (secondary N) is 2. The summed E-state index contributed by atoms with van der Waals surface area (Å²) in [5.41, 5.74) is 1.96. The number of amides is 2. The molecule has 0 fully saturated rings. The number of benzene rings is 1. The van der Waals surface area contributed by atoms with Crippen LogP contribution in [0.3, 0.4) is 0 Å². The molecule has 0 aliphatic carbocycles. The number of furan rings is 1. The summed E-state index contributed by atoms with van der Waals surface area (Å²) < 4.78 is 5.09. The summed E-state index contributed by atoms with van der Waals surface area (Å²) >= 11 is 1.25. The molecule has 0 bridgehead atoms. The second kappa shape index (κ2) is 8.86. The van der Waals surface area contributed by atoms with E-state index in [0.717, 1.165) is 11.1 Å². The Morgan fingerprint density at radius 2 is 1.86 bits per heavy atom. The lowest BCUT2D eigenvalue weighted by Crippen LogP contribution is -2.34. The molecule has 0 spiro atoms. The largest absolute Gasteiger partial charge is 0.459 e. The number of nitrogens with zero attached hydrogens (tertiary/aromatic N) is 1. The van der Waals surface area contributed by atoms with Gasteiger partial charge in [0, 0.05) is 6.54 Å². The minimum Gasteiger partial charge on any atom is -0.459 e. The minimum absolute atomic E-state index is 0.0727. The molecule has 0 aliphatic rings. The third-order valence-electron chi connectivity index (χ3n) is 4.37. The van der Waals surface area contributed by atoms with Crippen molar-refractivity contribution in [3.63, 3.8) is 0 Å². The van der Waals surface area contributed by atoms with Gasteiger partial charge >= 0.3 is 0 Å². The van der Waals surface area contributed by atoms with Crippen molar-refractivity contribution in [2.75, 3.05) is 26.0 Å². The first-order valence-corrected chi connectivity index (χ1v) is 9.72. The monoisotopic (exact) mass is 397 g/mol. The van der Waals surface area contributed by atoms with Crippen molar-refractivity contribution in [3.05, 3.63) is 76.6 Å². The lowest BCUT2D eigenvalue weighted by molar-refractivity contribution is 0.0944. The maximum atomic E-state index is 12.7. The Morgan fingerprint density at radius 1 is 1.11 bits per heavy atom. The van der Waals surface area contributed by atoms with E-state index in [4.69, 9.17) is 4.42 Å². The highest BCUT2D eigenvalue weighted by molar-refractivity contribution is 7.18. The predicted octanol–water partition coefficient (Wildman–Crippen LogP) is 3.93. The molecular formula is C21H23N3O3S. The Balaban J connectivity index is 1.65. The van der Waals surface area contributed by atoms with E-state index in [-0.39, 0.29) is 23.6 Å². The average Bonchev–Trinajstić information content (AvgIpc) is 3.32. The number of likely N-dealkylation sites (N-methyl/N-ethyl adjacent to an activating group) is 1. The first-order chi connectivity index (χ1) is 13.5. The van der Waals surface area contributed by atoms with Crippen LogP contribution in [0, 0.1) is 6.92 Å². The fourth-order valence-electron chi connectivity index (χ4n) is 2.89. The van der Waals surface area contributed by atoms with Gasteiger partial charge in [-0.1, -0.05) is 30.3 Å². The van der Waals surface area contributed by atoms with Crippen LogP contribution in [-0.2, 0) is 0 Å². The number of carbonyl (C=O) groups excluding carboxylic acids is 2. The summed E-state index contributed by atoms with van der Waals surface area (Å²) in [5.74, 6) is -0.257. The molecule has 0 aliphatic heterocycles. The van der Waals surface area contributed by atoms with Gasteiger partial charge in [0.2, 0.25) is 0 Å². The van der Waals surface area contributed by atoms with Gasteiger partial charge < -0.3 is 20.0 Å². The summed E-state index contributed by atoms with van der Waals surface area (Å²) in [6.07, 6.45) is 1.45. The van der Waals surface area contributed by atoms with Gasteiger partial charge in [-0.2, -0.15) is 0 Å². The summed E-state index contributed by atoms with van der Waals surface area (Å²) in [5, 5.41) is 6.39. The SMILES string of the molecule is Cc1cc(NC(=O)c2ccco2)sc1C(=O)NCC(c1ccccc1)N(C)C. The van der Waals surface area contributed by atoms with Crippen LogP contribution in [0.1, 0.15) is 37.4 Å². The Kier molecular flexibility index (Phi) is 6.28. The maximum absolute atomic E-state index is 12.7. The Morgan fingerprint density at radius 3 is 2.50 bits per heavy atom. The summed E-state index contributed by atoms with van der Waals surface area (Å²) in [6, 6.07) is 15.2. The molecule has 1 unspecified atom stereocenters. The first-order valence-electron chi connectivity index (χ1n) is 8.90. The number of anilines is 1. The Labute approximate surface area is 168 Å². The molecule has 2 aromatic heterocycles. The highest BCUT2D eigenvalue weighted by Gasteiger charge is 2.19. The van der Waals surface area contributed by atoms with E-state index < -0.39 is 0 Å². The number of carbonyl (C=O) groups is 2. The van der Waals surface area contributed by atoms with Crippen molar-refractivity contribution in [1.82, 2.24) is 10.2 Å². The topological polar surface area (TPSA) is 74.6 Å². The molecule has 0 saturated carbocycles. The molecule has 0 radical (unpaired) electrons. The molecule has 3 rings (SSSR count). The second-order valence-corrected chi connectivity index (χ2v) is 7.71. The lowest BCUT2D eigenvalue weighted by atomic mass is 10.1. The highest BCUT2D eigenvalue weighted by Crippen LogP contribution is 2.27. The van der Waals surface area contributed by atoms with Gasteiger partial charge in [-0.15, -0.1) is 11.3 Å². The van der Waals surface area contributed by atoms with Gasteiger partial charge in [-0.05, 0) is 50.3 Å². The standard InChI is InChI=1S/C21H23N3O3S/c1-14-12-18(23-20(25)17-10-7-11-27-17)28-19(14)21(26)22-13-16(24(2)3)15-8-5-4-6-9-15/h4-12,16H,13H2,1-3H3,(H,22,26)(H,23,25). The van der Waals surface area contributed by atoms with Crippen molar-refractivity contribution in [3.8, 4) is 0 Å². The lowest BCUT2D eigenvalue weighted by Gasteiger charge is -2.25. The molecular weight excluding hydrogens is 374 g/mol. The maximum Gasteiger partial charge on any atom is 0.291 e. The third-order valence-corrected chi connectivity index (χ3v) is 5.52. The molecule has 7 heteroatoms. The average molecular weight is 398 g/mol. The fraction of sp³-hybridized carbons (Fsp3) is 0.238. The van der Waals surface area contributed by atoms with Crippen molar-refractivity contribution >= 4 is 28.2 Å². The van der Waals surface area contributed by atoms with Crippen LogP contribution >= 0.6 is 11.3 Å². The van der Waals surface area contributed by atoms with Gasteiger partial charge in [-0.25, -0.2) is 0 Å². The van der Waals surface area contributed by atoms with Crippen LogP contribution < -0.4 is 10.6 Å². The fourth-order valence-corrected chi connectivity index (χ4v) is 3.88. The van der Waals surface area contributed by atoms with Gasteiger partial charge in [0.25, 0.3) is 11.8 Å². The molecule has 28 heavy (non-hydrogen) atoms. The first kappa shape index (κ1) is 19.9. The molecule has 1 aromatic carbocycles. The van der Waals surface area contributed by atoms with Gasteiger partial charge in [-0.3, -0.25) is 9.59 Å².